The van der Waals surface area contributed by atoms with E-state index in [1.807, 2.05) is 0 Å². The van der Waals surface area contributed by atoms with Crippen LogP contribution in [0, 0.1) is 6.92 Å². The number of carboxylic acids is 1. The molecule has 0 saturated heterocycles. The van der Waals surface area contributed by atoms with Crippen molar-refractivity contribution in [2.24, 2.45) is 0 Å². The number of rotatable bonds is 2. The molecule has 2 aromatic rings. The van der Waals surface area contributed by atoms with Gasteiger partial charge in [0.25, 0.3) is 0 Å². The molecule has 6 heteroatoms. The normalized spacial score (nSPS) is 10.5. The Hall–Kier alpha value is -1.10. The first-order valence-corrected chi connectivity index (χ1v) is 6.22. The second-order valence-corrected chi connectivity index (χ2v) is 5.39. The van der Waals surface area contributed by atoms with Crippen molar-refractivity contribution in [3.63, 3.8) is 0 Å². The molecule has 0 amide bonds. The minimum Gasteiger partial charge on any atom is -0.476 e. The zero-order valence-corrected chi connectivity index (χ0v) is 11.0. The second-order valence-electron chi connectivity index (χ2n) is 3.34. The number of aromatic nitrogens is 1. The number of carbonyl (C=O) groups is 1. The second kappa shape index (κ2) is 4.64. The van der Waals surface area contributed by atoms with Gasteiger partial charge >= 0.3 is 5.97 Å². The van der Waals surface area contributed by atoms with E-state index >= 15 is 0 Å². The standard InChI is InChI=1S/C11H7Cl2NO2S/c1-5-14-9(11(15)16)10(17-5)7-3-2-6(12)4-8(7)13/h2-4H,1H3,(H,15,16). The van der Waals surface area contributed by atoms with Crippen LogP contribution in [0.1, 0.15) is 15.5 Å². The fourth-order valence-electron chi connectivity index (χ4n) is 1.43. The Morgan fingerprint density at radius 1 is 1.41 bits per heavy atom. The number of aromatic carboxylic acids is 1. The van der Waals surface area contributed by atoms with Gasteiger partial charge in [-0.25, -0.2) is 9.78 Å². The van der Waals surface area contributed by atoms with Crippen LogP contribution in [-0.2, 0) is 0 Å². The fourth-order valence-corrected chi connectivity index (χ4v) is 2.94. The molecule has 0 aliphatic heterocycles. The molecule has 0 atom stereocenters. The van der Waals surface area contributed by atoms with Crippen LogP contribution in [0.4, 0.5) is 0 Å². The Morgan fingerprint density at radius 3 is 2.71 bits per heavy atom. The number of nitrogens with zero attached hydrogens (tertiary/aromatic N) is 1. The third-order valence-electron chi connectivity index (χ3n) is 2.11. The van der Waals surface area contributed by atoms with Crippen LogP contribution in [-0.4, -0.2) is 16.1 Å². The minimum absolute atomic E-state index is 0.0247. The number of hydrogen-bond acceptors (Lipinski definition) is 3. The van der Waals surface area contributed by atoms with Gasteiger partial charge in [-0.2, -0.15) is 0 Å². The van der Waals surface area contributed by atoms with Crippen molar-refractivity contribution in [2.45, 2.75) is 6.92 Å². The number of hydrogen-bond donors (Lipinski definition) is 1. The molecule has 88 valence electrons. The van der Waals surface area contributed by atoms with E-state index in [1.54, 1.807) is 25.1 Å². The van der Waals surface area contributed by atoms with Crippen LogP contribution in [0.25, 0.3) is 10.4 Å². The first kappa shape index (κ1) is 12.4. The van der Waals surface area contributed by atoms with Gasteiger partial charge in [-0.05, 0) is 19.1 Å². The van der Waals surface area contributed by atoms with Crippen molar-refractivity contribution in [1.29, 1.82) is 0 Å². The van der Waals surface area contributed by atoms with Gasteiger partial charge in [0.15, 0.2) is 5.69 Å². The van der Waals surface area contributed by atoms with Gasteiger partial charge in [0.1, 0.15) is 0 Å². The van der Waals surface area contributed by atoms with Gasteiger partial charge in [-0.1, -0.05) is 29.3 Å². The van der Waals surface area contributed by atoms with Crippen LogP contribution >= 0.6 is 34.5 Å². The summed E-state index contributed by atoms with van der Waals surface area (Å²) in [5.74, 6) is -1.06. The zero-order valence-electron chi connectivity index (χ0n) is 8.70. The highest BCUT2D eigenvalue weighted by Crippen LogP contribution is 2.36. The number of carboxylic acid groups (broad SMARTS) is 1. The Bertz CT molecular complexity index is 595. The van der Waals surface area contributed by atoms with Crippen molar-refractivity contribution in [2.75, 3.05) is 0 Å². The van der Waals surface area contributed by atoms with Crippen molar-refractivity contribution < 1.29 is 9.90 Å². The molecule has 1 heterocycles. The summed E-state index contributed by atoms with van der Waals surface area (Å²) in [6, 6.07) is 4.95. The van der Waals surface area contributed by atoms with Crippen LogP contribution in [0.15, 0.2) is 18.2 Å². The largest absolute Gasteiger partial charge is 0.476 e. The van der Waals surface area contributed by atoms with E-state index < -0.39 is 5.97 Å². The van der Waals surface area contributed by atoms with Crippen LogP contribution in [0.5, 0.6) is 0 Å². The van der Waals surface area contributed by atoms with Crippen molar-refractivity contribution in [1.82, 2.24) is 4.98 Å². The van der Waals surface area contributed by atoms with Crippen LogP contribution < -0.4 is 0 Å². The maximum Gasteiger partial charge on any atom is 0.356 e. The van der Waals surface area contributed by atoms with E-state index in [9.17, 15) is 4.79 Å². The number of halogens is 2. The average molecular weight is 288 g/mol. The highest BCUT2D eigenvalue weighted by atomic mass is 35.5. The molecule has 1 aromatic heterocycles. The molecule has 0 saturated carbocycles. The van der Waals surface area contributed by atoms with Crippen molar-refractivity contribution in [3.8, 4) is 10.4 Å². The van der Waals surface area contributed by atoms with Crippen molar-refractivity contribution >= 4 is 40.5 Å². The lowest BCUT2D eigenvalue weighted by atomic mass is 10.1. The molecule has 0 radical (unpaired) electrons. The Balaban J connectivity index is 2.63. The molecule has 1 aromatic carbocycles. The highest BCUT2D eigenvalue weighted by Gasteiger charge is 2.19. The Kier molecular flexibility index (Phi) is 3.38. The third kappa shape index (κ3) is 2.44. The summed E-state index contributed by atoms with van der Waals surface area (Å²) >= 11 is 13.1. The van der Waals surface area contributed by atoms with E-state index in [-0.39, 0.29) is 5.69 Å². The Morgan fingerprint density at radius 2 is 2.12 bits per heavy atom. The topological polar surface area (TPSA) is 50.2 Å². The smallest absolute Gasteiger partial charge is 0.356 e. The zero-order chi connectivity index (χ0) is 12.6. The van der Waals surface area contributed by atoms with E-state index in [4.69, 9.17) is 28.3 Å². The predicted octanol–water partition coefficient (Wildman–Crippen LogP) is 4.12. The Labute approximate surface area is 112 Å². The lowest BCUT2D eigenvalue weighted by Crippen LogP contribution is -1.98. The molecule has 1 N–H and O–H groups in total. The molecule has 2 rings (SSSR count). The van der Waals surface area contributed by atoms with Gasteiger partial charge in [0.05, 0.1) is 14.9 Å². The summed E-state index contributed by atoms with van der Waals surface area (Å²) in [6.45, 7) is 1.75. The lowest BCUT2D eigenvalue weighted by Gasteiger charge is -2.02. The predicted molar refractivity (Wildman–Crippen MR) is 69.3 cm³/mol. The molecule has 0 fully saturated rings. The summed E-state index contributed by atoms with van der Waals surface area (Å²) in [5.41, 5.74) is 0.663. The van der Waals surface area contributed by atoms with E-state index in [2.05, 4.69) is 4.98 Å². The molecular weight excluding hydrogens is 281 g/mol. The van der Waals surface area contributed by atoms with Gasteiger partial charge in [-0.15, -0.1) is 11.3 Å². The van der Waals surface area contributed by atoms with E-state index in [1.165, 1.54) is 11.3 Å². The molecule has 0 spiro atoms. The quantitative estimate of drug-likeness (QED) is 0.904. The molecule has 3 nitrogen and oxygen atoms in total. The van der Waals surface area contributed by atoms with Gasteiger partial charge in [0, 0.05) is 10.6 Å². The maximum absolute atomic E-state index is 11.1. The summed E-state index contributed by atoms with van der Waals surface area (Å²) in [4.78, 5) is 15.6. The average Bonchev–Trinajstić information content (AvgIpc) is 2.60. The summed E-state index contributed by atoms with van der Waals surface area (Å²) < 4.78 is 0. The summed E-state index contributed by atoms with van der Waals surface area (Å²) in [5, 5.41) is 10.7. The first-order chi connectivity index (χ1) is 7.99. The highest BCUT2D eigenvalue weighted by molar-refractivity contribution is 7.15. The third-order valence-corrected chi connectivity index (χ3v) is 3.66. The van der Waals surface area contributed by atoms with Crippen molar-refractivity contribution in [3.05, 3.63) is 38.9 Å². The number of thiazole rings is 1. The van der Waals surface area contributed by atoms with Crippen LogP contribution in [0.2, 0.25) is 10.0 Å². The first-order valence-electron chi connectivity index (χ1n) is 4.65. The molecule has 0 bridgehead atoms. The molecule has 0 aliphatic carbocycles. The number of aryl methyl sites for hydroxylation is 1. The van der Waals surface area contributed by atoms with Crippen LogP contribution in [0.3, 0.4) is 0 Å². The molecule has 17 heavy (non-hydrogen) atoms. The SMILES string of the molecule is Cc1nc(C(=O)O)c(-c2ccc(Cl)cc2Cl)s1. The molecular formula is C11H7Cl2NO2S. The van der Waals surface area contributed by atoms with Gasteiger partial charge in [0.2, 0.25) is 0 Å². The summed E-state index contributed by atoms with van der Waals surface area (Å²) in [6.07, 6.45) is 0. The lowest BCUT2D eigenvalue weighted by molar-refractivity contribution is 0.0692. The summed E-state index contributed by atoms with van der Waals surface area (Å²) in [7, 11) is 0. The molecule has 0 aliphatic rings. The van der Waals surface area contributed by atoms with E-state index in [0.29, 0.717) is 25.5 Å². The maximum atomic E-state index is 11.1. The van der Waals surface area contributed by atoms with Gasteiger partial charge < -0.3 is 5.11 Å². The fraction of sp³-hybridized carbons (Fsp3) is 0.0909. The molecule has 0 unspecified atom stereocenters. The van der Waals surface area contributed by atoms with Gasteiger partial charge in [-0.3, -0.25) is 0 Å². The monoisotopic (exact) mass is 287 g/mol. The number of benzene rings is 1. The van der Waals surface area contributed by atoms with E-state index in [0.717, 1.165) is 0 Å². The minimum atomic E-state index is -1.06.